The SMILES string of the molecule is CCS(=O)Cc1ccc(OC)c(SC(F)(F)F)c1. The van der Waals surface area contributed by atoms with Crippen LogP contribution in [-0.4, -0.2) is 22.6 Å². The highest BCUT2D eigenvalue weighted by molar-refractivity contribution is 8.00. The second kappa shape index (κ2) is 6.47. The van der Waals surface area contributed by atoms with Crippen molar-refractivity contribution in [3.63, 3.8) is 0 Å². The number of thioether (sulfide) groups is 1. The van der Waals surface area contributed by atoms with Crippen LogP contribution < -0.4 is 4.74 Å². The molecule has 0 saturated heterocycles. The lowest BCUT2D eigenvalue weighted by Gasteiger charge is -2.11. The van der Waals surface area contributed by atoms with Gasteiger partial charge in [-0.2, -0.15) is 13.2 Å². The van der Waals surface area contributed by atoms with Gasteiger partial charge in [0.2, 0.25) is 0 Å². The molecule has 0 bridgehead atoms. The van der Waals surface area contributed by atoms with Crippen LogP contribution in [0.5, 0.6) is 5.75 Å². The Labute approximate surface area is 110 Å². The van der Waals surface area contributed by atoms with Crippen molar-refractivity contribution in [2.45, 2.75) is 23.1 Å². The average Bonchev–Trinajstić information content (AvgIpc) is 2.27. The Morgan fingerprint density at radius 1 is 1.39 bits per heavy atom. The van der Waals surface area contributed by atoms with E-state index in [9.17, 15) is 17.4 Å². The fourth-order valence-electron chi connectivity index (χ4n) is 1.30. The fourth-order valence-corrected chi connectivity index (χ4v) is 2.77. The van der Waals surface area contributed by atoms with Gasteiger partial charge in [-0.1, -0.05) is 13.0 Å². The predicted octanol–water partition coefficient (Wildman–Crippen LogP) is 3.58. The van der Waals surface area contributed by atoms with Crippen molar-refractivity contribution >= 4 is 22.6 Å². The maximum Gasteiger partial charge on any atom is 0.446 e. The third-order valence-electron chi connectivity index (χ3n) is 2.10. The molecule has 0 radical (unpaired) electrons. The summed E-state index contributed by atoms with van der Waals surface area (Å²) < 4.78 is 53.4. The first-order valence-corrected chi connectivity index (χ1v) is 7.43. The maximum absolute atomic E-state index is 12.4. The van der Waals surface area contributed by atoms with E-state index in [2.05, 4.69) is 0 Å². The van der Waals surface area contributed by atoms with Gasteiger partial charge in [0.05, 0.1) is 12.0 Å². The highest BCUT2D eigenvalue weighted by Crippen LogP contribution is 2.41. The minimum absolute atomic E-state index is 0.00407. The number of benzene rings is 1. The Morgan fingerprint density at radius 3 is 2.56 bits per heavy atom. The van der Waals surface area contributed by atoms with Crippen LogP contribution in [0.1, 0.15) is 12.5 Å². The van der Waals surface area contributed by atoms with Gasteiger partial charge < -0.3 is 4.74 Å². The largest absolute Gasteiger partial charge is 0.496 e. The molecule has 2 nitrogen and oxygen atoms in total. The number of rotatable bonds is 5. The molecule has 102 valence electrons. The first-order chi connectivity index (χ1) is 8.35. The molecule has 7 heteroatoms. The smallest absolute Gasteiger partial charge is 0.446 e. The Hall–Kier alpha value is -0.690. The van der Waals surface area contributed by atoms with Crippen LogP contribution in [0.15, 0.2) is 23.1 Å². The van der Waals surface area contributed by atoms with Crippen molar-refractivity contribution < 1.29 is 22.1 Å². The Kier molecular flexibility index (Phi) is 5.52. The first kappa shape index (κ1) is 15.4. The molecule has 0 aromatic heterocycles. The summed E-state index contributed by atoms with van der Waals surface area (Å²) in [7, 11) is 0.270. The van der Waals surface area contributed by atoms with Gasteiger partial charge in [0, 0.05) is 22.3 Å². The lowest BCUT2D eigenvalue weighted by molar-refractivity contribution is -0.0328. The van der Waals surface area contributed by atoms with E-state index < -0.39 is 16.3 Å². The lowest BCUT2D eigenvalue weighted by Crippen LogP contribution is -2.02. The lowest BCUT2D eigenvalue weighted by atomic mass is 10.2. The molecule has 0 aliphatic carbocycles. The molecule has 0 fully saturated rings. The summed E-state index contributed by atoms with van der Waals surface area (Å²) in [5, 5.41) is 0. The van der Waals surface area contributed by atoms with Crippen molar-refractivity contribution in [2.24, 2.45) is 0 Å². The van der Waals surface area contributed by atoms with E-state index in [0.29, 0.717) is 11.3 Å². The molecule has 0 heterocycles. The molecule has 1 aromatic rings. The third kappa shape index (κ3) is 4.89. The molecule has 1 atom stereocenters. The van der Waals surface area contributed by atoms with Gasteiger partial charge in [0.15, 0.2) is 0 Å². The van der Waals surface area contributed by atoms with Gasteiger partial charge in [-0.05, 0) is 29.5 Å². The molecule has 0 amide bonds. The third-order valence-corrected chi connectivity index (χ3v) is 4.17. The Balaban J connectivity index is 2.98. The summed E-state index contributed by atoms with van der Waals surface area (Å²) in [6.07, 6.45) is 0. The summed E-state index contributed by atoms with van der Waals surface area (Å²) >= 11 is -0.223. The van der Waals surface area contributed by atoms with Crippen molar-refractivity contribution in [3.8, 4) is 5.75 Å². The molecule has 0 saturated carbocycles. The summed E-state index contributed by atoms with van der Waals surface area (Å²) in [6.45, 7) is 1.77. The molecular formula is C11H13F3O2S2. The van der Waals surface area contributed by atoms with E-state index in [4.69, 9.17) is 4.74 Å². The molecule has 0 spiro atoms. The number of ether oxygens (including phenoxy) is 1. The van der Waals surface area contributed by atoms with E-state index in [1.54, 1.807) is 13.0 Å². The molecule has 1 aromatic carbocycles. The summed E-state index contributed by atoms with van der Waals surface area (Å²) in [5.41, 5.74) is -3.75. The number of methoxy groups -OCH3 is 1. The van der Waals surface area contributed by atoms with Crippen LogP contribution in [0.3, 0.4) is 0 Å². The zero-order valence-corrected chi connectivity index (χ0v) is 11.5. The number of hydrogen-bond donors (Lipinski definition) is 0. The highest BCUT2D eigenvalue weighted by atomic mass is 32.2. The summed E-state index contributed by atoms with van der Waals surface area (Å²) in [6, 6.07) is 4.48. The normalized spacial score (nSPS) is 13.4. The molecule has 1 unspecified atom stereocenters. The van der Waals surface area contributed by atoms with Crippen LogP contribution in [0.25, 0.3) is 0 Å². The molecule has 0 N–H and O–H groups in total. The van der Waals surface area contributed by atoms with Gasteiger partial charge in [-0.25, -0.2) is 0 Å². The Bertz CT molecular complexity index is 433. The van der Waals surface area contributed by atoms with E-state index in [1.807, 2.05) is 0 Å². The van der Waals surface area contributed by atoms with Gasteiger partial charge in [0.25, 0.3) is 0 Å². The number of alkyl halides is 3. The average molecular weight is 298 g/mol. The maximum atomic E-state index is 12.4. The number of hydrogen-bond acceptors (Lipinski definition) is 3. The molecule has 0 aliphatic heterocycles. The zero-order chi connectivity index (χ0) is 13.8. The molecular weight excluding hydrogens is 285 g/mol. The van der Waals surface area contributed by atoms with Gasteiger partial charge in [-0.3, -0.25) is 4.21 Å². The molecule has 18 heavy (non-hydrogen) atoms. The van der Waals surface area contributed by atoms with E-state index in [-0.39, 0.29) is 28.2 Å². The second-order valence-electron chi connectivity index (χ2n) is 3.41. The van der Waals surface area contributed by atoms with E-state index in [0.717, 1.165) is 0 Å². The first-order valence-electron chi connectivity index (χ1n) is 5.13. The van der Waals surface area contributed by atoms with E-state index >= 15 is 0 Å². The summed E-state index contributed by atoms with van der Waals surface area (Å²) in [5.74, 6) is 0.906. The van der Waals surface area contributed by atoms with Crippen molar-refractivity contribution in [3.05, 3.63) is 23.8 Å². The van der Waals surface area contributed by atoms with Crippen molar-refractivity contribution in [1.29, 1.82) is 0 Å². The predicted molar refractivity (Wildman–Crippen MR) is 67.3 cm³/mol. The monoisotopic (exact) mass is 298 g/mol. The molecule has 1 rings (SSSR count). The van der Waals surface area contributed by atoms with E-state index in [1.165, 1.54) is 19.2 Å². The Morgan fingerprint density at radius 2 is 2.06 bits per heavy atom. The van der Waals surface area contributed by atoms with Crippen molar-refractivity contribution in [2.75, 3.05) is 12.9 Å². The van der Waals surface area contributed by atoms with Gasteiger partial charge in [-0.15, -0.1) is 0 Å². The number of halogens is 3. The summed E-state index contributed by atoms with van der Waals surface area (Å²) in [4.78, 5) is -0.00407. The quantitative estimate of drug-likeness (QED) is 0.777. The van der Waals surface area contributed by atoms with Crippen LogP contribution in [-0.2, 0) is 16.6 Å². The van der Waals surface area contributed by atoms with Gasteiger partial charge >= 0.3 is 5.51 Å². The minimum atomic E-state index is -4.37. The second-order valence-corrected chi connectivity index (χ2v) is 6.26. The topological polar surface area (TPSA) is 26.3 Å². The zero-order valence-electron chi connectivity index (χ0n) is 9.91. The van der Waals surface area contributed by atoms with Crippen LogP contribution in [0.2, 0.25) is 0 Å². The van der Waals surface area contributed by atoms with Crippen LogP contribution in [0.4, 0.5) is 13.2 Å². The van der Waals surface area contributed by atoms with Crippen LogP contribution in [0, 0.1) is 0 Å². The fraction of sp³-hybridized carbons (Fsp3) is 0.455. The minimum Gasteiger partial charge on any atom is -0.496 e. The van der Waals surface area contributed by atoms with Crippen LogP contribution >= 0.6 is 11.8 Å². The highest BCUT2D eigenvalue weighted by Gasteiger charge is 2.30. The standard InChI is InChI=1S/C11H13F3O2S2/c1-3-18(15)7-8-4-5-9(16-2)10(6-8)17-11(12,13)14/h4-6H,3,7H2,1-2H3. The van der Waals surface area contributed by atoms with Crippen molar-refractivity contribution in [1.82, 2.24) is 0 Å². The molecule has 0 aliphatic rings. The van der Waals surface area contributed by atoms with Gasteiger partial charge in [0.1, 0.15) is 5.75 Å².